The SMILES string of the molecule is [C-]#[N+]C1CN(C(=O)[C@H](CCCN[C@@H]2C[C@H]2c2ccc(F)cc2)NC(=O)c2ccc(-n3cccn3)cc2)C1. The maximum atomic E-state index is 13.2. The van der Waals surface area contributed by atoms with Crippen LogP contribution < -0.4 is 10.6 Å². The number of aromatic nitrogens is 2. The summed E-state index contributed by atoms with van der Waals surface area (Å²) in [4.78, 5) is 31.2. The summed E-state index contributed by atoms with van der Waals surface area (Å²) in [7, 11) is 0. The molecule has 3 aromatic rings. The van der Waals surface area contributed by atoms with Crippen molar-refractivity contribution in [3.8, 4) is 5.69 Å². The second-order valence-corrected chi connectivity index (χ2v) is 9.65. The van der Waals surface area contributed by atoms with Crippen molar-refractivity contribution in [1.82, 2.24) is 25.3 Å². The van der Waals surface area contributed by atoms with E-state index < -0.39 is 6.04 Å². The largest absolute Gasteiger partial charge is 0.340 e. The van der Waals surface area contributed by atoms with Crippen LogP contribution in [0.5, 0.6) is 0 Å². The molecule has 0 spiro atoms. The lowest BCUT2D eigenvalue weighted by Gasteiger charge is -2.34. The van der Waals surface area contributed by atoms with E-state index in [1.165, 1.54) is 12.1 Å². The highest BCUT2D eigenvalue weighted by molar-refractivity contribution is 5.97. The van der Waals surface area contributed by atoms with Crippen molar-refractivity contribution in [2.75, 3.05) is 19.6 Å². The summed E-state index contributed by atoms with van der Waals surface area (Å²) in [6.45, 7) is 8.68. The third-order valence-corrected chi connectivity index (χ3v) is 7.02. The molecule has 5 rings (SSSR count). The third-order valence-electron chi connectivity index (χ3n) is 7.02. The minimum atomic E-state index is -0.654. The van der Waals surface area contributed by atoms with E-state index in [1.807, 2.05) is 36.5 Å². The first-order valence-corrected chi connectivity index (χ1v) is 12.6. The molecular weight excluding hydrogens is 471 g/mol. The van der Waals surface area contributed by atoms with Crippen LogP contribution in [0.2, 0.25) is 0 Å². The standard InChI is InChI=1S/C28H29FN6O2/c1-30-22-17-34(18-22)28(37)25(4-2-13-31-26-16-24(26)19-5-9-21(29)10-6-19)33-27(36)20-7-11-23(12-8-20)35-15-3-14-32-35/h3,5-12,14-15,22,24-26,31H,2,4,13,16-18H2,(H,33,36)/t24-,25-,26+/m0/s1. The Hall–Kier alpha value is -4.03. The lowest BCUT2D eigenvalue weighted by atomic mass is 10.0. The topological polar surface area (TPSA) is 83.6 Å². The number of likely N-dealkylation sites (tertiary alicyclic amines) is 1. The Bertz CT molecular complexity index is 1260. The van der Waals surface area contributed by atoms with Gasteiger partial charge in [-0.3, -0.25) is 9.59 Å². The van der Waals surface area contributed by atoms with Crippen LogP contribution in [-0.2, 0) is 4.79 Å². The van der Waals surface area contributed by atoms with Gasteiger partial charge in [0.2, 0.25) is 5.91 Å². The summed E-state index contributed by atoms with van der Waals surface area (Å²) < 4.78 is 14.9. The summed E-state index contributed by atoms with van der Waals surface area (Å²) >= 11 is 0. The van der Waals surface area contributed by atoms with Crippen LogP contribution in [0.3, 0.4) is 0 Å². The van der Waals surface area contributed by atoms with Crippen molar-refractivity contribution in [1.29, 1.82) is 0 Å². The first kappa shape index (κ1) is 24.7. The van der Waals surface area contributed by atoms with Gasteiger partial charge in [-0.05, 0) is 73.8 Å². The molecule has 2 aliphatic rings. The van der Waals surface area contributed by atoms with Crippen molar-refractivity contribution in [3.63, 3.8) is 0 Å². The van der Waals surface area contributed by atoms with E-state index in [1.54, 1.807) is 27.9 Å². The fourth-order valence-corrected chi connectivity index (χ4v) is 4.72. The van der Waals surface area contributed by atoms with E-state index in [-0.39, 0.29) is 23.7 Å². The van der Waals surface area contributed by atoms with Gasteiger partial charge in [-0.2, -0.15) is 5.10 Å². The lowest BCUT2D eigenvalue weighted by Crippen LogP contribution is -2.58. The smallest absolute Gasteiger partial charge is 0.258 e. The Labute approximate surface area is 215 Å². The minimum Gasteiger partial charge on any atom is -0.340 e. The second kappa shape index (κ2) is 10.9. The monoisotopic (exact) mass is 500 g/mol. The van der Waals surface area contributed by atoms with Crippen LogP contribution in [0.25, 0.3) is 10.5 Å². The zero-order valence-corrected chi connectivity index (χ0v) is 20.4. The molecule has 1 saturated carbocycles. The number of amides is 2. The molecular formula is C28H29FN6O2. The van der Waals surface area contributed by atoms with Gasteiger partial charge in [0.1, 0.15) is 11.9 Å². The molecule has 2 amide bonds. The van der Waals surface area contributed by atoms with Crippen molar-refractivity contribution < 1.29 is 14.0 Å². The number of nitrogens with one attached hydrogen (secondary N) is 2. The minimum absolute atomic E-state index is 0.142. The molecule has 3 atom stereocenters. The highest BCUT2D eigenvalue weighted by Gasteiger charge is 2.39. The average Bonchev–Trinajstić information content (AvgIpc) is 3.44. The summed E-state index contributed by atoms with van der Waals surface area (Å²) in [5.74, 6) is -0.296. The molecule has 8 nitrogen and oxygen atoms in total. The molecule has 2 N–H and O–H groups in total. The highest BCUT2D eigenvalue weighted by atomic mass is 19.1. The zero-order chi connectivity index (χ0) is 25.8. The fourth-order valence-electron chi connectivity index (χ4n) is 4.72. The molecule has 2 fully saturated rings. The number of nitrogens with zero attached hydrogens (tertiary/aromatic N) is 4. The van der Waals surface area contributed by atoms with Crippen molar-refractivity contribution >= 4 is 11.8 Å². The van der Waals surface area contributed by atoms with Gasteiger partial charge in [-0.15, -0.1) is 0 Å². The summed E-state index contributed by atoms with van der Waals surface area (Å²) in [6, 6.07) is 15.1. The van der Waals surface area contributed by atoms with Crippen molar-refractivity contribution in [3.05, 3.63) is 95.4 Å². The first-order valence-electron chi connectivity index (χ1n) is 12.6. The predicted octanol–water partition coefficient (Wildman–Crippen LogP) is 3.17. The van der Waals surface area contributed by atoms with Gasteiger partial charge in [0.15, 0.2) is 0 Å². The number of hydrogen-bond donors (Lipinski definition) is 2. The van der Waals surface area contributed by atoms with E-state index in [0.29, 0.717) is 50.0 Å². The van der Waals surface area contributed by atoms with Crippen LogP contribution in [0.4, 0.5) is 4.39 Å². The number of carbonyl (C=O) groups excluding carboxylic acids is 2. The molecule has 37 heavy (non-hydrogen) atoms. The van der Waals surface area contributed by atoms with Gasteiger partial charge in [-0.1, -0.05) is 12.1 Å². The van der Waals surface area contributed by atoms with Crippen LogP contribution in [0.15, 0.2) is 67.0 Å². The molecule has 0 unspecified atom stereocenters. The Morgan fingerprint density at radius 2 is 1.89 bits per heavy atom. The van der Waals surface area contributed by atoms with E-state index in [2.05, 4.69) is 20.6 Å². The summed E-state index contributed by atoms with van der Waals surface area (Å²) in [5.41, 5.74) is 2.43. The van der Waals surface area contributed by atoms with E-state index >= 15 is 0 Å². The zero-order valence-electron chi connectivity index (χ0n) is 20.4. The second-order valence-electron chi connectivity index (χ2n) is 9.65. The third kappa shape index (κ3) is 5.87. The molecule has 1 saturated heterocycles. The molecule has 1 aliphatic heterocycles. The van der Waals surface area contributed by atoms with Crippen LogP contribution >= 0.6 is 0 Å². The van der Waals surface area contributed by atoms with Crippen LogP contribution in [-0.4, -0.2) is 64.3 Å². The van der Waals surface area contributed by atoms with Gasteiger partial charge in [0.05, 0.1) is 18.8 Å². The quantitative estimate of drug-likeness (QED) is 0.331. The Morgan fingerprint density at radius 1 is 1.14 bits per heavy atom. The molecule has 0 bridgehead atoms. The normalized spacial score (nSPS) is 19.5. The van der Waals surface area contributed by atoms with Crippen LogP contribution in [0.1, 0.15) is 41.1 Å². The number of halogens is 1. The number of hydrogen-bond acceptors (Lipinski definition) is 4. The number of rotatable bonds is 10. The van der Waals surface area contributed by atoms with Crippen LogP contribution in [0, 0.1) is 12.4 Å². The number of benzene rings is 2. The van der Waals surface area contributed by atoms with Gasteiger partial charge < -0.3 is 20.4 Å². The van der Waals surface area contributed by atoms with Crippen molar-refractivity contribution in [2.45, 2.75) is 43.3 Å². The summed E-state index contributed by atoms with van der Waals surface area (Å²) in [6.07, 6.45) is 5.72. The van der Waals surface area contributed by atoms with Gasteiger partial charge >= 0.3 is 0 Å². The average molecular weight is 501 g/mol. The van der Waals surface area contributed by atoms with Crippen molar-refractivity contribution in [2.24, 2.45) is 0 Å². The predicted molar refractivity (Wildman–Crippen MR) is 137 cm³/mol. The summed E-state index contributed by atoms with van der Waals surface area (Å²) in [5, 5.41) is 10.6. The molecule has 2 aromatic carbocycles. The fraction of sp³-hybridized carbons (Fsp3) is 0.357. The molecule has 9 heteroatoms. The van der Waals surface area contributed by atoms with Gasteiger partial charge in [-0.25, -0.2) is 15.6 Å². The lowest BCUT2D eigenvalue weighted by molar-refractivity contribution is -0.137. The van der Waals surface area contributed by atoms with E-state index in [9.17, 15) is 14.0 Å². The maximum Gasteiger partial charge on any atom is 0.258 e. The Kier molecular flexibility index (Phi) is 7.28. The van der Waals surface area contributed by atoms with Gasteiger partial charge in [0.25, 0.3) is 11.9 Å². The number of carbonyl (C=O) groups is 2. The van der Waals surface area contributed by atoms with Gasteiger partial charge in [0, 0.05) is 29.9 Å². The highest BCUT2D eigenvalue weighted by Crippen LogP contribution is 2.40. The van der Waals surface area contributed by atoms with E-state index in [4.69, 9.17) is 6.57 Å². The molecule has 190 valence electrons. The Balaban J connectivity index is 1.15. The molecule has 1 aliphatic carbocycles. The maximum absolute atomic E-state index is 13.2. The van der Waals surface area contributed by atoms with E-state index in [0.717, 1.165) is 17.7 Å². The molecule has 0 radical (unpaired) electrons. The Morgan fingerprint density at radius 3 is 2.57 bits per heavy atom. The molecule has 1 aromatic heterocycles. The molecule has 2 heterocycles. The first-order chi connectivity index (χ1) is 18.0.